The third-order valence-electron chi connectivity index (χ3n) is 4.76. The third-order valence-corrected chi connectivity index (χ3v) is 4.76. The summed E-state index contributed by atoms with van der Waals surface area (Å²) in [6.45, 7) is 1.86. The Kier molecular flexibility index (Phi) is 3.81. The Balaban J connectivity index is 2.17. The van der Waals surface area contributed by atoms with Gasteiger partial charge in [-0.05, 0) is 31.9 Å². The topological polar surface area (TPSA) is 68.5 Å². The van der Waals surface area contributed by atoms with Gasteiger partial charge in [-0.1, -0.05) is 25.7 Å². The van der Waals surface area contributed by atoms with Gasteiger partial charge in [-0.25, -0.2) is 4.79 Å². The highest BCUT2D eigenvalue weighted by Crippen LogP contribution is 2.44. The van der Waals surface area contributed by atoms with Crippen LogP contribution in [0.2, 0.25) is 0 Å². The second kappa shape index (κ2) is 5.63. The number of rotatable bonds is 2. The van der Waals surface area contributed by atoms with Crippen LogP contribution in [0.4, 0.5) is 0 Å². The van der Waals surface area contributed by atoms with Crippen molar-refractivity contribution in [2.24, 2.45) is 0 Å². The van der Waals surface area contributed by atoms with Crippen molar-refractivity contribution in [3.63, 3.8) is 0 Å². The maximum absolute atomic E-state index is 12.6. The van der Waals surface area contributed by atoms with E-state index in [0.29, 0.717) is 5.69 Å². The molecule has 3 rings (SSSR count). The van der Waals surface area contributed by atoms with E-state index in [1.807, 2.05) is 10.8 Å². The standard InChI is InChI=1S/C17H21NO4/c1-2-22-16(21)13-14(19)12-8-7-11-18(12)17(15(13)20)9-5-3-4-6-10-17/h7-8,11,20H,2-6,9-10H2,1H3. The molecule has 1 aliphatic carbocycles. The molecule has 1 fully saturated rings. The molecule has 1 aliphatic heterocycles. The number of ether oxygens (including phenoxy) is 1. The van der Waals surface area contributed by atoms with Gasteiger partial charge in [0.1, 0.15) is 16.9 Å². The second-order valence-corrected chi connectivity index (χ2v) is 5.98. The van der Waals surface area contributed by atoms with E-state index in [-0.39, 0.29) is 17.9 Å². The largest absolute Gasteiger partial charge is 0.509 e. The zero-order chi connectivity index (χ0) is 15.7. The van der Waals surface area contributed by atoms with Crippen LogP contribution >= 0.6 is 0 Å². The zero-order valence-corrected chi connectivity index (χ0v) is 12.8. The van der Waals surface area contributed by atoms with Crippen molar-refractivity contribution in [2.45, 2.75) is 51.0 Å². The molecule has 1 spiro atoms. The number of ketones is 1. The molecule has 1 saturated carbocycles. The van der Waals surface area contributed by atoms with Crippen LogP contribution < -0.4 is 0 Å². The number of Topliss-reactive ketones (excluding diaryl/α,β-unsaturated/α-hetero) is 1. The quantitative estimate of drug-likeness (QED) is 0.673. The number of aliphatic hydroxyl groups is 1. The molecule has 22 heavy (non-hydrogen) atoms. The molecule has 0 aromatic carbocycles. The van der Waals surface area contributed by atoms with Gasteiger partial charge < -0.3 is 14.4 Å². The average molecular weight is 303 g/mol. The number of carbonyl (C=O) groups is 2. The molecule has 0 atom stereocenters. The molecule has 1 aromatic heterocycles. The summed E-state index contributed by atoms with van der Waals surface area (Å²) >= 11 is 0. The third kappa shape index (κ3) is 2.07. The van der Waals surface area contributed by atoms with Crippen LogP contribution in [-0.2, 0) is 15.1 Å². The van der Waals surface area contributed by atoms with E-state index in [9.17, 15) is 14.7 Å². The molecule has 2 aliphatic rings. The molecule has 0 bridgehead atoms. The van der Waals surface area contributed by atoms with Gasteiger partial charge in [-0.3, -0.25) is 4.79 Å². The number of esters is 1. The first-order valence-corrected chi connectivity index (χ1v) is 7.95. The van der Waals surface area contributed by atoms with E-state index in [1.54, 1.807) is 19.1 Å². The van der Waals surface area contributed by atoms with Gasteiger partial charge in [0, 0.05) is 6.20 Å². The average Bonchev–Trinajstić information content (AvgIpc) is 2.86. The van der Waals surface area contributed by atoms with E-state index in [1.165, 1.54) is 0 Å². The minimum Gasteiger partial charge on any atom is -0.509 e. The second-order valence-electron chi connectivity index (χ2n) is 5.98. The molecule has 5 heteroatoms. The Morgan fingerprint density at radius 1 is 1.32 bits per heavy atom. The van der Waals surface area contributed by atoms with E-state index >= 15 is 0 Å². The lowest BCUT2D eigenvalue weighted by atomic mass is 9.81. The van der Waals surface area contributed by atoms with Crippen LogP contribution in [0, 0.1) is 0 Å². The summed E-state index contributed by atoms with van der Waals surface area (Å²) in [4.78, 5) is 24.8. The van der Waals surface area contributed by atoms with Crippen LogP contribution in [0.25, 0.3) is 0 Å². The van der Waals surface area contributed by atoms with Gasteiger partial charge in [-0.15, -0.1) is 0 Å². The fraction of sp³-hybridized carbons (Fsp3) is 0.529. The van der Waals surface area contributed by atoms with Crippen molar-refractivity contribution in [2.75, 3.05) is 6.61 Å². The Morgan fingerprint density at radius 3 is 2.64 bits per heavy atom. The molecule has 0 saturated heterocycles. The van der Waals surface area contributed by atoms with Crippen molar-refractivity contribution in [1.82, 2.24) is 4.57 Å². The molecule has 5 nitrogen and oxygen atoms in total. The van der Waals surface area contributed by atoms with Crippen molar-refractivity contribution in [3.05, 3.63) is 35.4 Å². The summed E-state index contributed by atoms with van der Waals surface area (Å²) in [5, 5.41) is 10.8. The number of allylic oxidation sites excluding steroid dienone is 1. The molecule has 0 amide bonds. The number of carbonyl (C=O) groups excluding carboxylic acids is 2. The van der Waals surface area contributed by atoms with Crippen LogP contribution in [0.1, 0.15) is 55.9 Å². The predicted octanol–water partition coefficient (Wildman–Crippen LogP) is 3.11. The SMILES string of the molecule is CCOC(=O)C1=C(O)C2(CCCCCC2)n2cccc2C1=O. The lowest BCUT2D eigenvalue weighted by Gasteiger charge is -2.39. The fourth-order valence-corrected chi connectivity index (χ4v) is 3.71. The number of nitrogens with zero attached hydrogens (tertiary/aromatic N) is 1. The van der Waals surface area contributed by atoms with Crippen LogP contribution in [0.3, 0.4) is 0 Å². The number of hydrogen-bond donors (Lipinski definition) is 1. The first-order chi connectivity index (χ1) is 10.6. The summed E-state index contributed by atoms with van der Waals surface area (Å²) in [5.74, 6) is -1.28. The molecular formula is C17H21NO4. The maximum Gasteiger partial charge on any atom is 0.345 e. The molecule has 1 N–H and O–H groups in total. The highest BCUT2D eigenvalue weighted by molar-refractivity contribution is 6.24. The van der Waals surface area contributed by atoms with E-state index < -0.39 is 17.3 Å². The Hall–Kier alpha value is -2.04. The van der Waals surface area contributed by atoms with Gasteiger partial charge in [0.2, 0.25) is 5.78 Å². The monoisotopic (exact) mass is 303 g/mol. The summed E-state index contributed by atoms with van der Waals surface area (Å²) < 4.78 is 6.85. The number of fused-ring (bicyclic) bond motifs is 2. The van der Waals surface area contributed by atoms with Crippen molar-refractivity contribution in [3.8, 4) is 0 Å². The molecule has 2 heterocycles. The Morgan fingerprint density at radius 2 is 2.00 bits per heavy atom. The van der Waals surface area contributed by atoms with Crippen molar-refractivity contribution < 1.29 is 19.4 Å². The highest BCUT2D eigenvalue weighted by atomic mass is 16.5. The smallest absolute Gasteiger partial charge is 0.345 e. The van der Waals surface area contributed by atoms with Crippen LogP contribution in [-0.4, -0.2) is 28.0 Å². The minimum atomic E-state index is -0.721. The molecule has 1 aromatic rings. The minimum absolute atomic E-state index is 0.110. The van der Waals surface area contributed by atoms with Gasteiger partial charge in [0.25, 0.3) is 0 Å². The van der Waals surface area contributed by atoms with Gasteiger partial charge >= 0.3 is 5.97 Å². The zero-order valence-electron chi connectivity index (χ0n) is 12.8. The summed E-state index contributed by atoms with van der Waals surface area (Å²) in [6, 6.07) is 3.50. The maximum atomic E-state index is 12.6. The van der Waals surface area contributed by atoms with Gasteiger partial charge in [0.05, 0.1) is 12.3 Å². The van der Waals surface area contributed by atoms with Gasteiger partial charge in [-0.2, -0.15) is 0 Å². The summed E-state index contributed by atoms with van der Waals surface area (Å²) in [5.41, 5.74) is -0.400. The fourth-order valence-electron chi connectivity index (χ4n) is 3.71. The number of aromatic nitrogens is 1. The lowest BCUT2D eigenvalue weighted by molar-refractivity contribution is -0.138. The number of hydrogen-bond acceptors (Lipinski definition) is 4. The van der Waals surface area contributed by atoms with E-state index in [2.05, 4.69) is 0 Å². The van der Waals surface area contributed by atoms with Crippen molar-refractivity contribution >= 4 is 11.8 Å². The van der Waals surface area contributed by atoms with Crippen LogP contribution in [0.5, 0.6) is 0 Å². The van der Waals surface area contributed by atoms with Crippen LogP contribution in [0.15, 0.2) is 29.7 Å². The lowest BCUT2D eigenvalue weighted by Crippen LogP contribution is -2.43. The first-order valence-electron chi connectivity index (χ1n) is 7.95. The number of aliphatic hydroxyl groups excluding tert-OH is 1. The van der Waals surface area contributed by atoms with Crippen molar-refractivity contribution in [1.29, 1.82) is 0 Å². The Bertz CT molecular complexity index is 633. The summed E-state index contributed by atoms with van der Waals surface area (Å²) in [7, 11) is 0. The molecule has 0 radical (unpaired) electrons. The van der Waals surface area contributed by atoms with Gasteiger partial charge in [0.15, 0.2) is 0 Å². The molecule has 118 valence electrons. The summed E-state index contributed by atoms with van der Waals surface area (Å²) in [6.07, 6.45) is 7.44. The molecule has 0 unspecified atom stereocenters. The molecular weight excluding hydrogens is 282 g/mol. The van der Waals surface area contributed by atoms with E-state index in [0.717, 1.165) is 38.5 Å². The predicted molar refractivity (Wildman–Crippen MR) is 80.7 cm³/mol. The van der Waals surface area contributed by atoms with E-state index in [4.69, 9.17) is 4.74 Å². The first kappa shape index (κ1) is 14.9. The highest BCUT2D eigenvalue weighted by Gasteiger charge is 2.47. The normalized spacial score (nSPS) is 20.7. The Labute approximate surface area is 129 Å².